The quantitative estimate of drug-likeness (QED) is 0.304. The highest BCUT2D eigenvalue weighted by Crippen LogP contribution is 2.36. The summed E-state index contributed by atoms with van der Waals surface area (Å²) < 4.78 is 20.0. The van der Waals surface area contributed by atoms with Crippen molar-refractivity contribution in [3.63, 3.8) is 0 Å². The second kappa shape index (κ2) is 8.56. The first kappa shape index (κ1) is 21.1. The average Bonchev–Trinajstić information content (AvgIpc) is 2.77. The maximum atomic E-state index is 14.9. The third-order valence-electron chi connectivity index (χ3n) is 4.72. The van der Waals surface area contributed by atoms with E-state index in [4.69, 9.17) is 16.3 Å². The first-order chi connectivity index (χ1) is 15.3. The van der Waals surface area contributed by atoms with Gasteiger partial charge in [-0.25, -0.2) is 14.2 Å². The number of hydrogen-bond acceptors (Lipinski definition) is 6. The lowest BCUT2D eigenvalue weighted by Crippen LogP contribution is -2.17. The van der Waals surface area contributed by atoms with Gasteiger partial charge in [0.15, 0.2) is 0 Å². The standard InChI is InChI=1S/C22H14ClFN4O4/c1-12-6-7-25-10-17(12)16-8-13-9-19(26-11-18(13)20(23)21(16)24)27-22(29)32-15-4-2-14(3-5-15)28(30)31/h2-11H,1H3,(H,26,27,29). The van der Waals surface area contributed by atoms with E-state index < -0.39 is 16.8 Å². The second-order valence-corrected chi connectivity index (χ2v) is 7.18. The third kappa shape index (κ3) is 4.19. The minimum absolute atomic E-state index is 0.0896. The Kier molecular flexibility index (Phi) is 5.65. The molecule has 0 radical (unpaired) electrons. The van der Waals surface area contributed by atoms with Crippen molar-refractivity contribution in [3.05, 3.63) is 87.6 Å². The van der Waals surface area contributed by atoms with Crippen molar-refractivity contribution in [1.29, 1.82) is 0 Å². The van der Waals surface area contributed by atoms with Crippen molar-refractivity contribution < 1.29 is 18.8 Å². The molecule has 4 aromatic rings. The lowest BCUT2D eigenvalue weighted by Gasteiger charge is -2.12. The molecule has 0 unspecified atom stereocenters. The van der Waals surface area contributed by atoms with Crippen LogP contribution in [0.3, 0.4) is 0 Å². The van der Waals surface area contributed by atoms with Gasteiger partial charge in [-0.1, -0.05) is 11.6 Å². The molecule has 0 spiro atoms. The van der Waals surface area contributed by atoms with Gasteiger partial charge in [-0.05, 0) is 48.2 Å². The summed E-state index contributed by atoms with van der Waals surface area (Å²) in [5.74, 6) is -0.315. The molecule has 0 fully saturated rings. The van der Waals surface area contributed by atoms with E-state index in [1.165, 1.54) is 36.5 Å². The predicted octanol–water partition coefficient (Wildman–Crippen LogP) is 5.92. The van der Waals surface area contributed by atoms with E-state index in [2.05, 4.69) is 15.3 Å². The van der Waals surface area contributed by atoms with Crippen molar-refractivity contribution in [3.8, 4) is 16.9 Å². The summed E-state index contributed by atoms with van der Waals surface area (Å²) in [6.45, 7) is 1.84. The van der Waals surface area contributed by atoms with E-state index in [-0.39, 0.29) is 27.8 Å². The average molecular weight is 453 g/mol. The van der Waals surface area contributed by atoms with Crippen LogP contribution in [0.4, 0.5) is 20.7 Å². The zero-order chi connectivity index (χ0) is 22.8. The van der Waals surface area contributed by atoms with Crippen LogP contribution in [0, 0.1) is 22.9 Å². The Hall–Kier alpha value is -4.11. The number of non-ortho nitro benzene ring substituents is 1. The van der Waals surface area contributed by atoms with E-state index in [1.54, 1.807) is 24.5 Å². The number of nitrogens with one attached hydrogen (secondary N) is 1. The number of nitro groups is 1. The summed E-state index contributed by atoms with van der Waals surface area (Å²) in [7, 11) is 0. The number of hydrogen-bond donors (Lipinski definition) is 1. The summed E-state index contributed by atoms with van der Waals surface area (Å²) in [5, 5.41) is 14.0. The summed E-state index contributed by atoms with van der Waals surface area (Å²) in [5.41, 5.74) is 1.57. The largest absolute Gasteiger partial charge is 0.418 e. The van der Waals surface area contributed by atoms with Crippen molar-refractivity contribution >= 4 is 40.0 Å². The molecule has 1 N–H and O–H groups in total. The summed E-state index contributed by atoms with van der Waals surface area (Å²) in [6, 6.07) is 9.95. The SMILES string of the molecule is Cc1ccncc1-c1cc2cc(NC(=O)Oc3ccc([N+](=O)[O-])cc3)ncc2c(Cl)c1F. The van der Waals surface area contributed by atoms with Crippen LogP contribution in [0.2, 0.25) is 5.02 Å². The molecule has 1 amide bonds. The molecule has 0 aliphatic carbocycles. The van der Waals surface area contributed by atoms with Gasteiger partial charge in [0, 0.05) is 47.2 Å². The molecular formula is C22H14ClFN4O4. The Labute approximate surface area is 185 Å². The number of halogens is 2. The molecule has 2 heterocycles. The summed E-state index contributed by atoms with van der Waals surface area (Å²) in [4.78, 5) is 30.5. The Morgan fingerprint density at radius 3 is 2.59 bits per heavy atom. The zero-order valence-electron chi connectivity index (χ0n) is 16.5. The molecule has 10 heteroatoms. The number of aryl methyl sites for hydroxylation is 1. The smallest absolute Gasteiger partial charge is 0.410 e. The first-order valence-electron chi connectivity index (χ1n) is 9.25. The molecule has 4 rings (SSSR count). The van der Waals surface area contributed by atoms with Crippen LogP contribution in [0.25, 0.3) is 21.9 Å². The molecule has 0 aliphatic rings. The van der Waals surface area contributed by atoms with Crippen molar-refractivity contribution in [2.45, 2.75) is 6.92 Å². The van der Waals surface area contributed by atoms with Crippen LogP contribution < -0.4 is 10.1 Å². The van der Waals surface area contributed by atoms with Crippen LogP contribution in [0.5, 0.6) is 5.75 Å². The Morgan fingerprint density at radius 1 is 1.16 bits per heavy atom. The number of amides is 1. The van der Waals surface area contributed by atoms with Gasteiger partial charge in [-0.2, -0.15) is 0 Å². The van der Waals surface area contributed by atoms with E-state index in [0.29, 0.717) is 16.3 Å². The number of benzene rings is 2. The highest BCUT2D eigenvalue weighted by molar-refractivity contribution is 6.36. The minimum Gasteiger partial charge on any atom is -0.410 e. The fourth-order valence-corrected chi connectivity index (χ4v) is 3.37. The number of carbonyl (C=O) groups excluding carboxylic acids is 1. The molecule has 8 nitrogen and oxygen atoms in total. The lowest BCUT2D eigenvalue weighted by molar-refractivity contribution is -0.384. The third-order valence-corrected chi connectivity index (χ3v) is 5.09. The topological polar surface area (TPSA) is 107 Å². The second-order valence-electron chi connectivity index (χ2n) is 6.80. The van der Waals surface area contributed by atoms with Gasteiger partial charge >= 0.3 is 6.09 Å². The normalized spacial score (nSPS) is 10.7. The Morgan fingerprint density at radius 2 is 1.91 bits per heavy atom. The van der Waals surface area contributed by atoms with Crippen molar-refractivity contribution in [1.82, 2.24) is 9.97 Å². The number of ether oxygens (including phenoxy) is 1. The van der Waals surface area contributed by atoms with Crippen LogP contribution in [0.15, 0.2) is 61.1 Å². The van der Waals surface area contributed by atoms with Crippen LogP contribution in [-0.2, 0) is 0 Å². The molecule has 0 saturated carbocycles. The maximum absolute atomic E-state index is 14.9. The number of nitrogens with zero attached hydrogens (tertiary/aromatic N) is 3. The zero-order valence-corrected chi connectivity index (χ0v) is 17.3. The molecule has 0 atom stereocenters. The van der Waals surface area contributed by atoms with Crippen molar-refractivity contribution in [2.24, 2.45) is 0 Å². The number of fused-ring (bicyclic) bond motifs is 1. The molecule has 0 saturated heterocycles. The van der Waals surface area contributed by atoms with Gasteiger partial charge in [0.05, 0.1) is 9.95 Å². The number of rotatable bonds is 4. The highest BCUT2D eigenvalue weighted by Gasteiger charge is 2.17. The molecule has 2 aromatic carbocycles. The van der Waals surface area contributed by atoms with Crippen molar-refractivity contribution in [2.75, 3.05) is 5.32 Å². The Balaban J connectivity index is 1.61. The van der Waals surface area contributed by atoms with E-state index in [0.717, 1.165) is 5.56 Å². The number of aromatic nitrogens is 2. The minimum atomic E-state index is -0.845. The highest BCUT2D eigenvalue weighted by atomic mass is 35.5. The fraction of sp³-hybridized carbons (Fsp3) is 0.0455. The van der Waals surface area contributed by atoms with Gasteiger partial charge in [0.1, 0.15) is 17.4 Å². The monoisotopic (exact) mass is 452 g/mol. The summed E-state index contributed by atoms with van der Waals surface area (Å²) in [6.07, 6.45) is 3.67. The van der Waals surface area contributed by atoms with E-state index in [1.807, 2.05) is 6.92 Å². The molecule has 0 bridgehead atoms. The molecule has 160 valence electrons. The number of carbonyl (C=O) groups is 1. The number of anilines is 1. The van der Waals surface area contributed by atoms with Gasteiger partial charge < -0.3 is 4.74 Å². The van der Waals surface area contributed by atoms with Gasteiger partial charge in [0.2, 0.25) is 0 Å². The maximum Gasteiger partial charge on any atom is 0.418 e. The molecule has 2 aromatic heterocycles. The van der Waals surface area contributed by atoms with Gasteiger partial charge in [-0.3, -0.25) is 20.4 Å². The van der Waals surface area contributed by atoms with E-state index >= 15 is 0 Å². The van der Waals surface area contributed by atoms with Crippen LogP contribution in [-0.4, -0.2) is 21.0 Å². The number of nitro benzene ring substituents is 1. The predicted molar refractivity (Wildman–Crippen MR) is 117 cm³/mol. The Bertz CT molecular complexity index is 1360. The molecular weight excluding hydrogens is 439 g/mol. The van der Waals surface area contributed by atoms with Gasteiger partial charge in [0.25, 0.3) is 5.69 Å². The van der Waals surface area contributed by atoms with Crippen LogP contribution in [0.1, 0.15) is 5.56 Å². The summed E-state index contributed by atoms with van der Waals surface area (Å²) >= 11 is 6.24. The molecule has 0 aliphatic heterocycles. The van der Waals surface area contributed by atoms with E-state index in [9.17, 15) is 19.3 Å². The molecule has 32 heavy (non-hydrogen) atoms. The first-order valence-corrected chi connectivity index (χ1v) is 9.63. The van der Waals surface area contributed by atoms with Gasteiger partial charge in [-0.15, -0.1) is 0 Å². The number of pyridine rings is 2. The van der Waals surface area contributed by atoms with Crippen LogP contribution >= 0.6 is 11.6 Å². The fourth-order valence-electron chi connectivity index (χ4n) is 3.11. The lowest BCUT2D eigenvalue weighted by atomic mass is 9.99.